The molecule has 3 aliphatic rings. The third kappa shape index (κ3) is 2.81. The van der Waals surface area contributed by atoms with Crippen molar-refractivity contribution >= 4 is 5.91 Å². The average Bonchev–Trinajstić information content (AvgIpc) is 3.14. The summed E-state index contributed by atoms with van der Waals surface area (Å²) in [6, 6.07) is 0.382. The van der Waals surface area contributed by atoms with E-state index in [4.69, 9.17) is 0 Å². The highest BCUT2D eigenvalue weighted by Crippen LogP contribution is 2.58. The van der Waals surface area contributed by atoms with Gasteiger partial charge in [-0.2, -0.15) is 0 Å². The molecule has 0 radical (unpaired) electrons. The molecule has 1 aliphatic heterocycles. The Hall–Kier alpha value is -0.570. The number of piperidine rings is 1. The van der Waals surface area contributed by atoms with Gasteiger partial charge in [0.25, 0.3) is 0 Å². The normalized spacial score (nSPS) is 31.9. The highest BCUT2D eigenvalue weighted by molar-refractivity contribution is 5.82. The van der Waals surface area contributed by atoms with Gasteiger partial charge in [0.2, 0.25) is 5.91 Å². The summed E-state index contributed by atoms with van der Waals surface area (Å²) in [6.45, 7) is 4.41. The van der Waals surface area contributed by atoms with E-state index in [-0.39, 0.29) is 0 Å². The largest absolute Gasteiger partial charge is 0.353 e. The molecule has 2 N–H and O–H groups in total. The van der Waals surface area contributed by atoms with Gasteiger partial charge >= 0.3 is 0 Å². The Kier molecular flexibility index (Phi) is 3.84. The highest BCUT2D eigenvalue weighted by atomic mass is 16.2. The van der Waals surface area contributed by atoms with E-state index in [1.165, 1.54) is 44.9 Å². The summed E-state index contributed by atoms with van der Waals surface area (Å²) in [5.74, 6) is 1.39. The molecule has 1 spiro atoms. The van der Waals surface area contributed by atoms with Crippen molar-refractivity contribution < 1.29 is 4.79 Å². The van der Waals surface area contributed by atoms with E-state index < -0.39 is 0 Å². The first-order valence-electron chi connectivity index (χ1n) is 8.22. The first kappa shape index (κ1) is 13.4. The fourth-order valence-electron chi connectivity index (χ4n) is 4.27. The molecule has 19 heavy (non-hydrogen) atoms. The molecule has 3 heteroatoms. The number of carbonyl (C=O) groups is 1. The lowest BCUT2D eigenvalue weighted by molar-refractivity contribution is -0.124. The van der Waals surface area contributed by atoms with Crippen LogP contribution >= 0.6 is 0 Å². The van der Waals surface area contributed by atoms with E-state index in [0.717, 1.165) is 25.4 Å². The van der Waals surface area contributed by atoms with Gasteiger partial charge in [-0.25, -0.2) is 0 Å². The van der Waals surface area contributed by atoms with Crippen LogP contribution < -0.4 is 10.6 Å². The van der Waals surface area contributed by atoms with Crippen molar-refractivity contribution in [2.24, 2.45) is 17.3 Å². The van der Waals surface area contributed by atoms with E-state index in [1.807, 2.05) is 0 Å². The van der Waals surface area contributed by atoms with Crippen molar-refractivity contribution in [3.8, 4) is 0 Å². The number of nitrogens with one attached hydrogen (secondary N) is 2. The summed E-state index contributed by atoms with van der Waals surface area (Å²) in [5.41, 5.74) is 0.377. The maximum Gasteiger partial charge on any atom is 0.223 e. The van der Waals surface area contributed by atoms with Crippen LogP contribution in [0.5, 0.6) is 0 Å². The van der Waals surface area contributed by atoms with E-state index in [0.29, 0.717) is 23.3 Å². The van der Waals surface area contributed by atoms with E-state index in [2.05, 4.69) is 17.6 Å². The topological polar surface area (TPSA) is 41.1 Å². The van der Waals surface area contributed by atoms with Gasteiger partial charge in [0.1, 0.15) is 0 Å². The fourth-order valence-corrected chi connectivity index (χ4v) is 4.27. The molecule has 3 rings (SSSR count). The Morgan fingerprint density at radius 3 is 2.58 bits per heavy atom. The minimum atomic E-state index is 0.320. The van der Waals surface area contributed by atoms with E-state index >= 15 is 0 Å². The Labute approximate surface area is 116 Å². The predicted octanol–water partition coefficient (Wildman–Crippen LogP) is 2.46. The molecular weight excluding hydrogens is 236 g/mol. The second kappa shape index (κ2) is 5.43. The van der Waals surface area contributed by atoms with Crippen LogP contribution in [0.15, 0.2) is 0 Å². The van der Waals surface area contributed by atoms with Crippen LogP contribution in [0.2, 0.25) is 0 Å². The fraction of sp³-hybridized carbons (Fsp3) is 0.938. The van der Waals surface area contributed by atoms with Crippen molar-refractivity contribution in [1.82, 2.24) is 10.6 Å². The first-order valence-corrected chi connectivity index (χ1v) is 8.22. The Morgan fingerprint density at radius 2 is 1.89 bits per heavy atom. The lowest BCUT2D eigenvalue weighted by Gasteiger charge is -2.29. The molecule has 0 bridgehead atoms. The molecular formula is C16H28N2O. The second-order valence-corrected chi connectivity index (χ2v) is 7.06. The Bertz CT molecular complexity index is 330. The standard InChI is InChI=1S/C16H28N2O/c1-12(13-5-3-2-4-6-13)18-15(19)14-11-16(14)7-9-17-10-8-16/h12-14,17H,2-11H2,1H3,(H,18,19)/t12-,14?/m0/s1. The van der Waals surface area contributed by atoms with Crippen LogP contribution in [-0.4, -0.2) is 25.0 Å². The maximum atomic E-state index is 12.4. The lowest BCUT2D eigenvalue weighted by atomic mass is 9.84. The molecule has 2 atom stereocenters. The summed E-state index contributed by atoms with van der Waals surface area (Å²) in [4.78, 5) is 12.4. The van der Waals surface area contributed by atoms with E-state index in [9.17, 15) is 4.79 Å². The summed E-state index contributed by atoms with van der Waals surface area (Å²) in [5, 5.41) is 6.72. The van der Waals surface area contributed by atoms with Gasteiger partial charge in [-0.3, -0.25) is 4.79 Å². The molecule has 1 unspecified atom stereocenters. The summed E-state index contributed by atoms with van der Waals surface area (Å²) in [6.07, 6.45) is 10.2. The summed E-state index contributed by atoms with van der Waals surface area (Å²) >= 11 is 0. The quantitative estimate of drug-likeness (QED) is 0.822. The van der Waals surface area contributed by atoms with Gasteiger partial charge in [0, 0.05) is 12.0 Å². The molecule has 3 fully saturated rings. The number of hydrogen-bond donors (Lipinski definition) is 2. The minimum Gasteiger partial charge on any atom is -0.353 e. The van der Waals surface area contributed by atoms with Crippen molar-refractivity contribution in [2.75, 3.05) is 13.1 Å². The number of rotatable bonds is 3. The van der Waals surface area contributed by atoms with Crippen LogP contribution in [0.4, 0.5) is 0 Å². The second-order valence-electron chi connectivity index (χ2n) is 7.06. The lowest BCUT2D eigenvalue weighted by Crippen LogP contribution is -2.41. The predicted molar refractivity (Wildman–Crippen MR) is 76.8 cm³/mol. The van der Waals surface area contributed by atoms with E-state index in [1.54, 1.807) is 0 Å². The smallest absolute Gasteiger partial charge is 0.223 e. The van der Waals surface area contributed by atoms with Crippen LogP contribution in [0, 0.1) is 17.3 Å². The monoisotopic (exact) mass is 264 g/mol. The molecule has 1 heterocycles. The zero-order valence-corrected chi connectivity index (χ0v) is 12.2. The van der Waals surface area contributed by atoms with Gasteiger partial charge < -0.3 is 10.6 Å². The molecule has 0 aromatic rings. The molecule has 3 nitrogen and oxygen atoms in total. The van der Waals surface area contributed by atoms with Crippen molar-refractivity contribution in [3.05, 3.63) is 0 Å². The summed E-state index contributed by atoms with van der Waals surface area (Å²) in [7, 11) is 0. The SMILES string of the molecule is C[C@H](NC(=O)C1CC12CCNCC2)C1CCCCC1. The third-order valence-corrected chi connectivity index (χ3v) is 5.83. The zero-order valence-electron chi connectivity index (χ0n) is 12.2. The average molecular weight is 264 g/mol. The Balaban J connectivity index is 1.48. The zero-order chi connectivity index (χ0) is 13.3. The van der Waals surface area contributed by atoms with Crippen molar-refractivity contribution in [3.63, 3.8) is 0 Å². The van der Waals surface area contributed by atoms with Crippen LogP contribution in [0.25, 0.3) is 0 Å². The number of carbonyl (C=O) groups excluding carboxylic acids is 1. The molecule has 2 saturated carbocycles. The molecule has 108 valence electrons. The van der Waals surface area contributed by atoms with Gasteiger partial charge in [0.15, 0.2) is 0 Å². The van der Waals surface area contributed by atoms with Gasteiger partial charge in [-0.15, -0.1) is 0 Å². The number of hydrogen-bond acceptors (Lipinski definition) is 2. The highest BCUT2D eigenvalue weighted by Gasteiger charge is 2.57. The minimum absolute atomic E-state index is 0.320. The summed E-state index contributed by atoms with van der Waals surface area (Å²) < 4.78 is 0. The molecule has 2 aliphatic carbocycles. The van der Waals surface area contributed by atoms with Crippen LogP contribution in [-0.2, 0) is 4.79 Å². The molecule has 1 amide bonds. The van der Waals surface area contributed by atoms with Gasteiger partial charge in [-0.1, -0.05) is 19.3 Å². The van der Waals surface area contributed by atoms with Crippen LogP contribution in [0.1, 0.15) is 58.3 Å². The molecule has 1 saturated heterocycles. The third-order valence-electron chi connectivity index (χ3n) is 5.83. The van der Waals surface area contributed by atoms with Gasteiger partial charge in [-0.05, 0) is 63.5 Å². The van der Waals surface area contributed by atoms with Crippen molar-refractivity contribution in [1.29, 1.82) is 0 Å². The molecule has 0 aromatic carbocycles. The number of amides is 1. The first-order chi connectivity index (χ1) is 9.21. The van der Waals surface area contributed by atoms with Crippen molar-refractivity contribution in [2.45, 2.75) is 64.3 Å². The molecule has 0 aromatic heterocycles. The Morgan fingerprint density at radius 1 is 1.21 bits per heavy atom. The van der Waals surface area contributed by atoms with Gasteiger partial charge in [0.05, 0.1) is 0 Å². The maximum absolute atomic E-state index is 12.4. The van der Waals surface area contributed by atoms with Crippen LogP contribution in [0.3, 0.4) is 0 Å².